The molecule has 0 fully saturated rings. The number of pyridine rings is 1. The molecule has 0 amide bonds. The van der Waals surface area contributed by atoms with Gasteiger partial charge in [0.2, 0.25) is 5.95 Å². The van der Waals surface area contributed by atoms with Gasteiger partial charge in [-0.3, -0.25) is 9.36 Å². The summed E-state index contributed by atoms with van der Waals surface area (Å²) in [4.78, 5) is 21.0. The number of benzene rings is 1. The number of nitrogens with one attached hydrogen (secondary N) is 1. The number of aryl methyl sites for hydroxylation is 1. The van der Waals surface area contributed by atoms with Crippen molar-refractivity contribution in [3.63, 3.8) is 0 Å². The molecular formula is C18H20N4O2. The van der Waals surface area contributed by atoms with Crippen molar-refractivity contribution in [1.29, 1.82) is 0 Å². The molecule has 0 atom stereocenters. The number of methoxy groups -OCH3 is 1. The van der Waals surface area contributed by atoms with E-state index in [1.54, 1.807) is 30.0 Å². The summed E-state index contributed by atoms with van der Waals surface area (Å²) >= 11 is 0. The average molecular weight is 324 g/mol. The predicted octanol–water partition coefficient (Wildman–Crippen LogP) is 3.34. The highest BCUT2D eigenvalue weighted by Crippen LogP contribution is 2.19. The van der Waals surface area contributed by atoms with Crippen LogP contribution in [-0.4, -0.2) is 21.6 Å². The van der Waals surface area contributed by atoms with Crippen molar-refractivity contribution < 1.29 is 4.74 Å². The fourth-order valence-corrected chi connectivity index (χ4v) is 2.47. The van der Waals surface area contributed by atoms with Crippen LogP contribution >= 0.6 is 0 Å². The van der Waals surface area contributed by atoms with E-state index in [1.165, 1.54) is 0 Å². The first-order chi connectivity index (χ1) is 11.7. The number of nitrogens with zero attached hydrogens (tertiary/aromatic N) is 3. The van der Waals surface area contributed by atoms with E-state index in [-0.39, 0.29) is 5.56 Å². The Morgan fingerprint density at radius 1 is 1.17 bits per heavy atom. The third kappa shape index (κ3) is 3.37. The molecule has 2 heterocycles. The predicted molar refractivity (Wildman–Crippen MR) is 95.0 cm³/mol. The van der Waals surface area contributed by atoms with Crippen molar-refractivity contribution in [3.8, 4) is 5.75 Å². The van der Waals surface area contributed by atoms with Crippen LogP contribution in [0.25, 0.3) is 11.0 Å². The topological polar surface area (TPSA) is 69.0 Å². The molecule has 0 spiro atoms. The van der Waals surface area contributed by atoms with E-state index in [1.807, 2.05) is 24.3 Å². The number of fused-ring (bicyclic) bond motifs is 1. The Bertz CT molecular complexity index is 888. The SMILES string of the molecule is CCCCn1c(=O)ccc2cnc(Nc3ccc(OC)cc3)nc21. The number of ether oxygens (including phenoxy) is 1. The van der Waals surface area contributed by atoms with Gasteiger partial charge in [-0.05, 0) is 36.8 Å². The molecule has 0 aliphatic rings. The molecule has 0 unspecified atom stereocenters. The van der Waals surface area contributed by atoms with Crippen molar-refractivity contribution >= 4 is 22.7 Å². The summed E-state index contributed by atoms with van der Waals surface area (Å²) in [5.74, 6) is 1.25. The van der Waals surface area contributed by atoms with E-state index in [0.717, 1.165) is 29.7 Å². The van der Waals surface area contributed by atoms with Gasteiger partial charge in [0.1, 0.15) is 11.4 Å². The first kappa shape index (κ1) is 16.0. The van der Waals surface area contributed by atoms with Crippen molar-refractivity contribution in [2.75, 3.05) is 12.4 Å². The van der Waals surface area contributed by atoms with Crippen LogP contribution in [0.4, 0.5) is 11.6 Å². The van der Waals surface area contributed by atoms with Crippen molar-refractivity contribution in [2.24, 2.45) is 0 Å². The number of anilines is 2. The molecule has 124 valence electrons. The Hall–Kier alpha value is -2.89. The maximum absolute atomic E-state index is 12.1. The quantitative estimate of drug-likeness (QED) is 0.753. The van der Waals surface area contributed by atoms with E-state index in [2.05, 4.69) is 22.2 Å². The summed E-state index contributed by atoms with van der Waals surface area (Å²) in [6, 6.07) is 10.8. The summed E-state index contributed by atoms with van der Waals surface area (Å²) in [5.41, 5.74) is 1.47. The lowest BCUT2D eigenvalue weighted by Crippen LogP contribution is -2.20. The van der Waals surface area contributed by atoms with Gasteiger partial charge in [0.25, 0.3) is 5.56 Å². The van der Waals surface area contributed by atoms with Crippen LogP contribution in [0, 0.1) is 0 Å². The number of unbranched alkanes of at least 4 members (excludes halogenated alkanes) is 1. The zero-order chi connectivity index (χ0) is 16.9. The lowest BCUT2D eigenvalue weighted by molar-refractivity contribution is 0.415. The number of hydrogen-bond acceptors (Lipinski definition) is 5. The summed E-state index contributed by atoms with van der Waals surface area (Å²) < 4.78 is 6.85. The molecule has 1 N–H and O–H groups in total. The summed E-state index contributed by atoms with van der Waals surface area (Å²) in [6.07, 6.45) is 3.69. The van der Waals surface area contributed by atoms with Gasteiger partial charge in [0.15, 0.2) is 0 Å². The molecular weight excluding hydrogens is 304 g/mol. The maximum Gasteiger partial charge on any atom is 0.252 e. The first-order valence-electron chi connectivity index (χ1n) is 7.99. The molecule has 1 aromatic carbocycles. The monoisotopic (exact) mass is 324 g/mol. The Labute approximate surface area is 140 Å². The van der Waals surface area contributed by atoms with Gasteiger partial charge in [0, 0.05) is 29.9 Å². The fraction of sp³-hybridized carbons (Fsp3) is 0.278. The Balaban J connectivity index is 1.95. The van der Waals surface area contributed by atoms with Gasteiger partial charge in [-0.1, -0.05) is 13.3 Å². The Kier molecular flexibility index (Phi) is 4.74. The van der Waals surface area contributed by atoms with Crippen LogP contribution in [0.1, 0.15) is 19.8 Å². The normalized spacial score (nSPS) is 10.8. The average Bonchev–Trinajstić information content (AvgIpc) is 2.61. The molecule has 0 aliphatic heterocycles. The second-order valence-corrected chi connectivity index (χ2v) is 5.50. The smallest absolute Gasteiger partial charge is 0.252 e. The van der Waals surface area contributed by atoms with Gasteiger partial charge < -0.3 is 10.1 Å². The van der Waals surface area contributed by atoms with Gasteiger partial charge in [-0.15, -0.1) is 0 Å². The van der Waals surface area contributed by atoms with Crippen LogP contribution in [-0.2, 0) is 6.54 Å². The molecule has 0 saturated carbocycles. The van der Waals surface area contributed by atoms with E-state index >= 15 is 0 Å². The Morgan fingerprint density at radius 3 is 2.67 bits per heavy atom. The minimum absolute atomic E-state index is 0.0370. The lowest BCUT2D eigenvalue weighted by atomic mass is 10.3. The van der Waals surface area contributed by atoms with Crippen molar-refractivity contribution in [1.82, 2.24) is 14.5 Å². The van der Waals surface area contributed by atoms with Gasteiger partial charge in [0.05, 0.1) is 7.11 Å². The number of hydrogen-bond donors (Lipinski definition) is 1. The largest absolute Gasteiger partial charge is 0.497 e. The van der Waals surface area contributed by atoms with Crippen LogP contribution in [0.3, 0.4) is 0 Å². The highest BCUT2D eigenvalue weighted by atomic mass is 16.5. The zero-order valence-electron chi connectivity index (χ0n) is 13.8. The molecule has 6 nitrogen and oxygen atoms in total. The van der Waals surface area contributed by atoms with Crippen LogP contribution in [0.2, 0.25) is 0 Å². The van der Waals surface area contributed by atoms with Crippen molar-refractivity contribution in [3.05, 3.63) is 52.9 Å². The molecule has 0 bridgehead atoms. The zero-order valence-corrected chi connectivity index (χ0v) is 13.8. The molecule has 6 heteroatoms. The van der Waals surface area contributed by atoms with Crippen LogP contribution < -0.4 is 15.6 Å². The van der Waals surface area contributed by atoms with Crippen LogP contribution in [0.5, 0.6) is 5.75 Å². The summed E-state index contributed by atoms with van der Waals surface area (Å²) in [5, 5.41) is 4.01. The third-order valence-electron chi connectivity index (χ3n) is 3.80. The van der Waals surface area contributed by atoms with E-state index in [9.17, 15) is 4.79 Å². The highest BCUT2D eigenvalue weighted by Gasteiger charge is 2.07. The standard InChI is InChI=1S/C18H20N4O2/c1-3-4-11-22-16(23)10-5-13-12-19-18(21-17(13)22)20-14-6-8-15(24-2)9-7-14/h5-10,12H,3-4,11H2,1-2H3,(H,19,20,21). The summed E-state index contributed by atoms with van der Waals surface area (Å²) in [6.45, 7) is 2.76. The molecule has 2 aromatic heterocycles. The fourth-order valence-electron chi connectivity index (χ4n) is 2.47. The molecule has 24 heavy (non-hydrogen) atoms. The van der Waals surface area contributed by atoms with Gasteiger partial charge in [-0.25, -0.2) is 4.98 Å². The molecule has 3 rings (SSSR count). The van der Waals surface area contributed by atoms with Gasteiger partial charge in [-0.2, -0.15) is 4.98 Å². The van der Waals surface area contributed by atoms with Crippen LogP contribution in [0.15, 0.2) is 47.4 Å². The minimum Gasteiger partial charge on any atom is -0.497 e. The Morgan fingerprint density at radius 2 is 1.96 bits per heavy atom. The molecule has 0 saturated heterocycles. The van der Waals surface area contributed by atoms with E-state index in [4.69, 9.17) is 4.74 Å². The van der Waals surface area contributed by atoms with Gasteiger partial charge >= 0.3 is 0 Å². The van der Waals surface area contributed by atoms with E-state index < -0.39 is 0 Å². The molecule has 3 aromatic rings. The molecule has 0 radical (unpaired) electrons. The van der Waals surface area contributed by atoms with E-state index in [0.29, 0.717) is 18.1 Å². The molecule has 0 aliphatic carbocycles. The first-order valence-corrected chi connectivity index (χ1v) is 7.99. The summed E-state index contributed by atoms with van der Waals surface area (Å²) in [7, 11) is 1.63. The third-order valence-corrected chi connectivity index (χ3v) is 3.80. The minimum atomic E-state index is -0.0370. The number of rotatable bonds is 6. The lowest BCUT2D eigenvalue weighted by Gasteiger charge is -2.10. The second kappa shape index (κ2) is 7.12. The second-order valence-electron chi connectivity index (χ2n) is 5.50. The highest BCUT2D eigenvalue weighted by molar-refractivity contribution is 5.75. The maximum atomic E-state index is 12.1. The van der Waals surface area contributed by atoms with Crippen molar-refractivity contribution in [2.45, 2.75) is 26.3 Å². The number of aromatic nitrogens is 3.